The van der Waals surface area contributed by atoms with Gasteiger partial charge in [0.1, 0.15) is 5.69 Å². The zero-order chi connectivity index (χ0) is 13.9. The second-order valence-corrected chi connectivity index (χ2v) is 5.49. The van der Waals surface area contributed by atoms with Gasteiger partial charge in [0.2, 0.25) is 5.95 Å². The van der Waals surface area contributed by atoms with Crippen molar-refractivity contribution in [2.45, 2.75) is 32.7 Å². The summed E-state index contributed by atoms with van der Waals surface area (Å²) in [6.07, 6.45) is 0.485. The second kappa shape index (κ2) is 5.22. The molecule has 0 aliphatic rings. The minimum atomic E-state index is -0.203. The van der Waals surface area contributed by atoms with Gasteiger partial charge in [0, 0.05) is 12.0 Å². The summed E-state index contributed by atoms with van der Waals surface area (Å²) in [7, 11) is 0. The number of H-pyrrole nitrogens is 1. The van der Waals surface area contributed by atoms with E-state index in [-0.39, 0.29) is 11.1 Å². The summed E-state index contributed by atoms with van der Waals surface area (Å²) in [5, 5.41) is 11.1. The first kappa shape index (κ1) is 13.3. The molecule has 0 radical (unpaired) electrons. The molecule has 2 N–H and O–H groups in total. The smallest absolute Gasteiger partial charge is 0.274 e. The van der Waals surface area contributed by atoms with E-state index >= 15 is 0 Å². The molecule has 0 spiro atoms. The van der Waals surface area contributed by atoms with Gasteiger partial charge in [0.25, 0.3) is 5.56 Å². The largest absolute Gasteiger partial charge is 0.350 e. The molecule has 0 unspecified atom stereocenters. The van der Waals surface area contributed by atoms with Crippen LogP contribution in [-0.2, 0) is 6.42 Å². The number of aromatic amines is 1. The van der Waals surface area contributed by atoms with E-state index in [0.29, 0.717) is 18.1 Å². The molecule has 1 aromatic heterocycles. The van der Waals surface area contributed by atoms with Gasteiger partial charge in [-0.3, -0.25) is 9.78 Å². The highest BCUT2D eigenvalue weighted by molar-refractivity contribution is 5.27. The lowest BCUT2D eigenvalue weighted by Crippen LogP contribution is -2.30. The van der Waals surface area contributed by atoms with Gasteiger partial charge < -0.3 is 5.32 Å². The van der Waals surface area contributed by atoms with Crippen molar-refractivity contribution in [3.05, 3.63) is 51.9 Å². The molecule has 0 fully saturated rings. The van der Waals surface area contributed by atoms with Crippen LogP contribution in [-0.4, -0.2) is 20.7 Å². The third kappa shape index (κ3) is 3.91. The first-order valence-corrected chi connectivity index (χ1v) is 6.22. The van der Waals surface area contributed by atoms with Crippen LogP contribution in [0.15, 0.2) is 35.1 Å². The summed E-state index contributed by atoms with van der Waals surface area (Å²) in [6, 6.07) is 9.74. The Labute approximate surface area is 112 Å². The Morgan fingerprint density at radius 3 is 2.42 bits per heavy atom. The standard InChI is InChI=1S/C14H18N4O/c1-14(2,3)16-13-15-12(19)11(17-18-13)9-10-7-5-4-6-8-10/h4-8H,9H2,1-3H3,(H2,15,16,18,19). The van der Waals surface area contributed by atoms with Crippen LogP contribution < -0.4 is 10.9 Å². The Morgan fingerprint density at radius 1 is 1.16 bits per heavy atom. The molecule has 5 nitrogen and oxygen atoms in total. The van der Waals surface area contributed by atoms with Crippen molar-refractivity contribution < 1.29 is 0 Å². The molecular weight excluding hydrogens is 240 g/mol. The zero-order valence-electron chi connectivity index (χ0n) is 11.4. The summed E-state index contributed by atoms with van der Waals surface area (Å²) >= 11 is 0. The molecule has 2 rings (SSSR count). The summed E-state index contributed by atoms with van der Waals surface area (Å²) in [4.78, 5) is 14.6. The fourth-order valence-corrected chi connectivity index (χ4v) is 1.68. The number of aromatic nitrogens is 3. The molecule has 1 heterocycles. The predicted molar refractivity (Wildman–Crippen MR) is 75.3 cm³/mol. The van der Waals surface area contributed by atoms with Crippen LogP contribution in [0.2, 0.25) is 0 Å². The van der Waals surface area contributed by atoms with Crippen LogP contribution in [0.25, 0.3) is 0 Å². The quantitative estimate of drug-likeness (QED) is 0.883. The van der Waals surface area contributed by atoms with Crippen molar-refractivity contribution in [1.29, 1.82) is 0 Å². The predicted octanol–water partition coefficient (Wildman–Crippen LogP) is 1.97. The van der Waals surface area contributed by atoms with Crippen molar-refractivity contribution in [1.82, 2.24) is 15.2 Å². The summed E-state index contributed by atoms with van der Waals surface area (Å²) < 4.78 is 0. The van der Waals surface area contributed by atoms with Crippen molar-refractivity contribution in [3.63, 3.8) is 0 Å². The van der Waals surface area contributed by atoms with Gasteiger partial charge in [-0.25, -0.2) is 0 Å². The Bertz CT molecular complexity index is 599. The van der Waals surface area contributed by atoms with Crippen molar-refractivity contribution in [3.8, 4) is 0 Å². The molecule has 100 valence electrons. The minimum absolute atomic E-state index is 0.168. The number of hydrogen-bond donors (Lipinski definition) is 2. The number of anilines is 1. The Kier molecular flexibility index (Phi) is 3.64. The molecule has 0 bridgehead atoms. The number of hydrogen-bond acceptors (Lipinski definition) is 4. The summed E-state index contributed by atoms with van der Waals surface area (Å²) in [6.45, 7) is 5.97. The van der Waals surface area contributed by atoms with E-state index in [1.807, 2.05) is 51.1 Å². The molecule has 0 aliphatic heterocycles. The molecular formula is C14H18N4O. The molecule has 5 heteroatoms. The average Bonchev–Trinajstić information content (AvgIpc) is 2.32. The zero-order valence-corrected chi connectivity index (χ0v) is 11.4. The Morgan fingerprint density at radius 2 is 1.84 bits per heavy atom. The molecule has 0 saturated heterocycles. The molecule has 2 aromatic rings. The monoisotopic (exact) mass is 258 g/mol. The Hall–Kier alpha value is -2.17. The summed E-state index contributed by atoms with van der Waals surface area (Å²) in [5.41, 5.74) is 1.09. The summed E-state index contributed by atoms with van der Waals surface area (Å²) in [5.74, 6) is 0.398. The highest BCUT2D eigenvalue weighted by Crippen LogP contribution is 2.07. The lowest BCUT2D eigenvalue weighted by molar-refractivity contribution is 0.620. The maximum atomic E-state index is 11.9. The maximum Gasteiger partial charge on any atom is 0.274 e. The van der Waals surface area contributed by atoms with Crippen LogP contribution in [0, 0.1) is 0 Å². The van der Waals surface area contributed by atoms with Gasteiger partial charge in [-0.15, -0.1) is 10.2 Å². The van der Waals surface area contributed by atoms with Crippen molar-refractivity contribution >= 4 is 5.95 Å². The lowest BCUT2D eigenvalue weighted by Gasteiger charge is -2.20. The number of nitrogens with one attached hydrogen (secondary N) is 2. The van der Waals surface area contributed by atoms with E-state index in [0.717, 1.165) is 5.56 Å². The first-order valence-electron chi connectivity index (χ1n) is 6.22. The fraction of sp³-hybridized carbons (Fsp3) is 0.357. The van der Waals surface area contributed by atoms with Gasteiger partial charge >= 0.3 is 0 Å². The van der Waals surface area contributed by atoms with Crippen LogP contribution in [0.1, 0.15) is 32.0 Å². The van der Waals surface area contributed by atoms with Gasteiger partial charge in [-0.2, -0.15) is 0 Å². The van der Waals surface area contributed by atoms with Crippen LogP contribution in [0.5, 0.6) is 0 Å². The molecule has 1 aromatic carbocycles. The normalized spacial score (nSPS) is 11.3. The van der Waals surface area contributed by atoms with E-state index in [1.54, 1.807) is 0 Å². The van der Waals surface area contributed by atoms with E-state index in [4.69, 9.17) is 0 Å². The number of rotatable bonds is 3. The fourth-order valence-electron chi connectivity index (χ4n) is 1.68. The Balaban J connectivity index is 2.18. The van der Waals surface area contributed by atoms with Gasteiger partial charge in [-0.1, -0.05) is 30.3 Å². The van der Waals surface area contributed by atoms with E-state index in [9.17, 15) is 4.79 Å². The van der Waals surface area contributed by atoms with Gasteiger partial charge in [-0.05, 0) is 26.3 Å². The van der Waals surface area contributed by atoms with Crippen molar-refractivity contribution in [2.24, 2.45) is 0 Å². The molecule has 19 heavy (non-hydrogen) atoms. The van der Waals surface area contributed by atoms with Gasteiger partial charge in [0.05, 0.1) is 0 Å². The second-order valence-electron chi connectivity index (χ2n) is 5.49. The average molecular weight is 258 g/mol. The molecule has 0 amide bonds. The maximum absolute atomic E-state index is 11.9. The minimum Gasteiger partial charge on any atom is -0.350 e. The number of benzene rings is 1. The van der Waals surface area contributed by atoms with E-state index < -0.39 is 0 Å². The molecule has 0 saturated carbocycles. The molecule has 0 aliphatic carbocycles. The SMILES string of the molecule is CC(C)(C)Nc1nnc(Cc2ccccc2)c(=O)[nH]1. The highest BCUT2D eigenvalue weighted by atomic mass is 16.1. The molecule has 0 atom stereocenters. The lowest BCUT2D eigenvalue weighted by atomic mass is 10.1. The van der Waals surface area contributed by atoms with E-state index in [1.165, 1.54) is 0 Å². The van der Waals surface area contributed by atoms with Crippen molar-refractivity contribution in [2.75, 3.05) is 5.32 Å². The third-order valence-corrected chi connectivity index (χ3v) is 2.47. The topological polar surface area (TPSA) is 70.7 Å². The highest BCUT2D eigenvalue weighted by Gasteiger charge is 2.12. The van der Waals surface area contributed by atoms with E-state index in [2.05, 4.69) is 20.5 Å². The van der Waals surface area contributed by atoms with Crippen LogP contribution in [0.4, 0.5) is 5.95 Å². The van der Waals surface area contributed by atoms with Crippen LogP contribution in [0.3, 0.4) is 0 Å². The first-order chi connectivity index (χ1) is 8.94. The van der Waals surface area contributed by atoms with Crippen LogP contribution >= 0.6 is 0 Å². The third-order valence-electron chi connectivity index (χ3n) is 2.47. The van der Waals surface area contributed by atoms with Gasteiger partial charge in [0.15, 0.2) is 0 Å². The number of nitrogens with zero attached hydrogens (tertiary/aromatic N) is 2.